The van der Waals surface area contributed by atoms with Gasteiger partial charge in [0, 0.05) is 25.7 Å². The van der Waals surface area contributed by atoms with Gasteiger partial charge in [-0.2, -0.15) is 13.5 Å². The summed E-state index contributed by atoms with van der Waals surface area (Å²) >= 11 is 19.0. The Morgan fingerprint density at radius 2 is 0.337 bits per heavy atom. The maximum atomic E-state index is 11.3. The summed E-state index contributed by atoms with van der Waals surface area (Å²) in [5, 5.41) is 0. The van der Waals surface area contributed by atoms with Crippen molar-refractivity contribution in [2.45, 2.75) is 428 Å². The predicted octanol–water partition coefficient (Wildman–Crippen LogP) is 26.6. The Bertz CT molecular complexity index is 1410. The summed E-state index contributed by atoms with van der Waals surface area (Å²) < 4.78 is 19.9. The first-order valence-corrected chi connectivity index (χ1v) is 43.1. The zero-order chi connectivity index (χ0) is 70.9. The fourth-order valence-corrected chi connectivity index (χ4v) is 11.3. The van der Waals surface area contributed by atoms with E-state index >= 15 is 0 Å². The largest absolute Gasteiger partial charge is 2.00 e. The molecule has 4 radical (unpaired) electrons. The van der Waals surface area contributed by atoms with E-state index in [9.17, 15) is 19.2 Å². The van der Waals surface area contributed by atoms with Gasteiger partial charge in [0.05, 0.1) is 26.4 Å². The maximum absolute atomic E-state index is 11.3. The molecule has 0 aliphatic carbocycles. The van der Waals surface area contributed by atoms with Crippen LogP contribution in [0, 0.1) is 0 Å². The number of carbonyl (C=O) groups excluding carboxylic acids is 4. The molecular formula is C86H166O8S5Sn2. The SMILES string of the molecule is C.C.CCCCCCCC/C=C/CCCCCCCCC(=O)OCC[S-].CCCCCCCC/C=C/CCCCCCCCC(=O)OCC[S-].CCCCCCCC/C=C/CCCCCCCCC(=O)OCC[S-].CCCCCCCC/C=C/CCCCCCCCC(=O)OCC[S-].S.[Sn+2].[Sn+2]. The van der Waals surface area contributed by atoms with Crippen LogP contribution in [-0.2, 0) is 88.6 Å². The molecule has 0 rings (SSSR count). The molecule has 101 heavy (non-hydrogen) atoms. The van der Waals surface area contributed by atoms with E-state index in [0.717, 1.165) is 51.4 Å². The number of unbranched alkanes of at least 4 members (excludes halogenated alkanes) is 48. The molecule has 0 saturated carbocycles. The molecule has 0 atom stereocenters. The number of hydrogen-bond acceptors (Lipinski definition) is 12. The molecule has 0 amide bonds. The molecule has 0 bridgehead atoms. The molecule has 15 heteroatoms. The van der Waals surface area contributed by atoms with E-state index in [2.05, 4.69) is 76.3 Å². The molecule has 0 aliphatic rings. The van der Waals surface area contributed by atoms with Gasteiger partial charge in [0.15, 0.2) is 0 Å². The van der Waals surface area contributed by atoms with Gasteiger partial charge in [0.1, 0.15) is 0 Å². The second-order valence-electron chi connectivity index (χ2n) is 26.4. The zero-order valence-electron chi connectivity index (χ0n) is 65.1. The molecule has 0 N–H and O–H groups in total. The monoisotopic (exact) mass is 1730 g/mol. The van der Waals surface area contributed by atoms with Crippen LogP contribution >= 0.6 is 13.5 Å². The van der Waals surface area contributed by atoms with Gasteiger partial charge in [-0.05, 0) is 128 Å². The van der Waals surface area contributed by atoms with Crippen LogP contribution in [0.3, 0.4) is 0 Å². The van der Waals surface area contributed by atoms with Crippen LogP contribution in [0.4, 0.5) is 0 Å². The van der Waals surface area contributed by atoms with Crippen molar-refractivity contribution in [3.63, 3.8) is 0 Å². The minimum atomic E-state index is -0.0876. The number of carbonyl (C=O) groups is 4. The quantitative estimate of drug-likeness (QED) is 0.0145. The molecule has 0 heterocycles. The Kier molecular flexibility index (Phi) is 137. The van der Waals surface area contributed by atoms with Gasteiger partial charge in [0.2, 0.25) is 0 Å². The first kappa shape index (κ1) is 120. The van der Waals surface area contributed by atoms with Gasteiger partial charge in [-0.3, -0.25) is 19.2 Å². The van der Waals surface area contributed by atoms with Crippen LogP contribution < -0.4 is 0 Å². The average Bonchev–Trinajstić information content (AvgIpc) is 3.82. The fourth-order valence-electron chi connectivity index (χ4n) is 11.0. The number of rotatable bonds is 72. The molecule has 0 aromatic heterocycles. The molecule has 0 fully saturated rings. The third-order valence-electron chi connectivity index (χ3n) is 17.0. The minimum absolute atomic E-state index is 0. The molecule has 0 unspecified atom stereocenters. The summed E-state index contributed by atoms with van der Waals surface area (Å²) in [6, 6.07) is 0. The summed E-state index contributed by atoms with van der Waals surface area (Å²) in [7, 11) is 0. The molecule has 0 aromatic rings. The van der Waals surface area contributed by atoms with E-state index in [1.165, 1.54) is 308 Å². The normalized spacial score (nSPS) is 10.7. The number of ether oxygens (including phenoxy) is 4. The van der Waals surface area contributed by atoms with Crippen LogP contribution in [0.5, 0.6) is 0 Å². The van der Waals surface area contributed by atoms with Gasteiger partial charge < -0.3 is 69.5 Å². The molecule has 0 aromatic carbocycles. The number of hydrogen-bond donors (Lipinski definition) is 0. The van der Waals surface area contributed by atoms with Crippen molar-refractivity contribution in [2.75, 3.05) is 49.4 Å². The molecular weight excluding hydrogens is 1560 g/mol. The number of esters is 4. The van der Waals surface area contributed by atoms with Crippen LogP contribution in [0.1, 0.15) is 428 Å². The van der Waals surface area contributed by atoms with Crippen LogP contribution in [-0.4, -0.2) is 121 Å². The van der Waals surface area contributed by atoms with Crippen molar-refractivity contribution in [2.24, 2.45) is 0 Å². The Morgan fingerprint density at radius 3 is 0.465 bits per heavy atom. The molecule has 596 valence electrons. The summed E-state index contributed by atoms with van der Waals surface area (Å²) in [6.07, 6.45) is 93.1. The van der Waals surface area contributed by atoms with Crippen LogP contribution in [0.2, 0.25) is 0 Å². The van der Waals surface area contributed by atoms with Gasteiger partial charge in [-0.25, -0.2) is 0 Å². The van der Waals surface area contributed by atoms with Crippen molar-refractivity contribution < 1.29 is 38.1 Å². The Balaban J connectivity index is -0.000000157. The van der Waals surface area contributed by atoms with E-state index in [0.29, 0.717) is 75.1 Å². The Hall–Kier alpha value is 0.187. The molecule has 0 saturated heterocycles. The van der Waals surface area contributed by atoms with Gasteiger partial charge in [0.25, 0.3) is 0 Å². The van der Waals surface area contributed by atoms with Crippen molar-refractivity contribution in [1.29, 1.82) is 0 Å². The summed E-state index contributed by atoms with van der Waals surface area (Å²) in [5.74, 6) is 1.65. The molecule has 0 spiro atoms. The van der Waals surface area contributed by atoms with Crippen LogP contribution in [0.25, 0.3) is 0 Å². The third kappa shape index (κ3) is 124. The van der Waals surface area contributed by atoms with Crippen molar-refractivity contribution in [3.05, 3.63) is 48.6 Å². The molecule has 0 aliphatic heterocycles. The second kappa shape index (κ2) is 116. The van der Waals surface area contributed by atoms with E-state index in [1.54, 1.807) is 0 Å². The topological polar surface area (TPSA) is 105 Å². The van der Waals surface area contributed by atoms with Crippen molar-refractivity contribution in [3.8, 4) is 0 Å². The summed E-state index contributed by atoms with van der Waals surface area (Å²) in [5.41, 5.74) is 0. The van der Waals surface area contributed by atoms with Gasteiger partial charge in [-0.15, -0.1) is 23.0 Å². The minimum Gasteiger partial charge on any atom is -0.789 e. The maximum Gasteiger partial charge on any atom is 2.00 e. The third-order valence-corrected chi connectivity index (χ3v) is 17.6. The predicted molar refractivity (Wildman–Crippen MR) is 464 cm³/mol. The van der Waals surface area contributed by atoms with E-state index in [1.807, 2.05) is 0 Å². The summed E-state index contributed by atoms with van der Waals surface area (Å²) in [6.45, 7) is 10.6. The van der Waals surface area contributed by atoms with Gasteiger partial charge >= 0.3 is 71.7 Å². The fraction of sp³-hybridized carbons (Fsp3) is 0.860. The Morgan fingerprint density at radius 1 is 0.218 bits per heavy atom. The first-order valence-electron chi connectivity index (χ1n) is 40.8. The van der Waals surface area contributed by atoms with Crippen molar-refractivity contribution in [1.82, 2.24) is 0 Å². The van der Waals surface area contributed by atoms with Crippen LogP contribution in [0.15, 0.2) is 48.6 Å². The average molecular weight is 1730 g/mol. The van der Waals surface area contributed by atoms with E-state index < -0.39 is 0 Å². The standard InChI is InChI=1S/4C21H40O2S.2CH4.H2S.2Sn/c4*1-2-3-4-5-6-7-8-9-10-11-12-13-14-15-16-17-18-21(22)23-19-20-24;;;;;/h4*9-10,24H,2-8,11-20H2,1H3;2*1H4;1H2;;/q;;;;;;;2*+2/p-4/b4*10-9+;;;;;. The van der Waals surface area contributed by atoms with E-state index in [-0.39, 0.29) is 100 Å². The zero-order valence-corrected chi connectivity index (χ0v) is 75.1. The molecule has 8 nitrogen and oxygen atoms in total. The Labute approximate surface area is 693 Å². The number of allylic oxidation sites excluding steroid dienone is 8. The smallest absolute Gasteiger partial charge is 0.789 e. The first-order chi connectivity index (χ1) is 47.2. The summed E-state index contributed by atoms with van der Waals surface area (Å²) in [4.78, 5) is 45.1. The van der Waals surface area contributed by atoms with Gasteiger partial charge in [-0.1, -0.05) is 322 Å². The second-order valence-corrected chi connectivity index (χ2v) is 28.1. The van der Waals surface area contributed by atoms with Crippen molar-refractivity contribution >= 4 is 136 Å². The van der Waals surface area contributed by atoms with E-state index in [4.69, 9.17) is 69.5 Å².